The maximum absolute atomic E-state index is 13.0. The van der Waals surface area contributed by atoms with Gasteiger partial charge < -0.3 is 20.5 Å². The Kier molecular flexibility index (Phi) is 8.50. The zero-order chi connectivity index (χ0) is 28.2. The molecular formula is C23H23F5N6O4. The van der Waals surface area contributed by atoms with Gasteiger partial charge in [0.2, 0.25) is 0 Å². The van der Waals surface area contributed by atoms with Crippen LogP contribution in [-0.2, 0) is 11.2 Å². The Morgan fingerprint density at radius 1 is 1.24 bits per heavy atom. The van der Waals surface area contributed by atoms with E-state index < -0.39 is 23.9 Å². The lowest BCUT2D eigenvalue weighted by molar-refractivity contribution is -0.192. The number of carbonyl (C=O) groups is 1. The number of aromatic amines is 1. The van der Waals surface area contributed by atoms with Crippen LogP contribution in [-0.4, -0.2) is 63.7 Å². The van der Waals surface area contributed by atoms with Crippen molar-refractivity contribution < 1.29 is 36.6 Å². The van der Waals surface area contributed by atoms with Crippen molar-refractivity contribution in [3.8, 4) is 22.7 Å². The summed E-state index contributed by atoms with van der Waals surface area (Å²) < 4.78 is 64.8. The van der Waals surface area contributed by atoms with E-state index in [-0.39, 0.29) is 24.4 Å². The van der Waals surface area contributed by atoms with Crippen molar-refractivity contribution >= 4 is 11.7 Å². The molecule has 0 aliphatic carbocycles. The van der Waals surface area contributed by atoms with Crippen LogP contribution in [0.1, 0.15) is 11.4 Å². The van der Waals surface area contributed by atoms with Crippen LogP contribution in [0.2, 0.25) is 0 Å². The SMILES string of the molecule is Cc1cc(-c2ccc3c(c2)OCCN3C)cnc1-n1c(CC(CN)=C(F)F)n[nH]c1=O.O=C(O)C(F)(F)F. The Balaban J connectivity index is 0.000000505. The zero-order valence-corrected chi connectivity index (χ0v) is 20.1. The first-order valence-corrected chi connectivity index (χ1v) is 11.0. The summed E-state index contributed by atoms with van der Waals surface area (Å²) in [4.78, 5) is 27.8. The van der Waals surface area contributed by atoms with Crippen molar-refractivity contribution in [3.05, 3.63) is 64.0 Å². The number of nitrogens with two attached hydrogens (primary N) is 1. The summed E-state index contributed by atoms with van der Waals surface area (Å²) in [6.07, 6.45) is -5.57. The van der Waals surface area contributed by atoms with Gasteiger partial charge in [0.25, 0.3) is 6.08 Å². The minimum Gasteiger partial charge on any atom is -0.490 e. The van der Waals surface area contributed by atoms with Gasteiger partial charge in [-0.2, -0.15) is 27.1 Å². The summed E-state index contributed by atoms with van der Waals surface area (Å²) in [5.74, 6) is -1.52. The molecule has 3 heterocycles. The number of ether oxygens (including phenoxy) is 1. The van der Waals surface area contributed by atoms with Crippen LogP contribution in [0.25, 0.3) is 16.9 Å². The van der Waals surface area contributed by atoms with Crippen LogP contribution in [0.4, 0.5) is 27.6 Å². The normalized spacial score (nSPS) is 12.7. The highest BCUT2D eigenvalue weighted by atomic mass is 19.4. The molecule has 0 saturated heterocycles. The number of hydrogen-bond donors (Lipinski definition) is 3. The molecule has 0 fully saturated rings. The number of likely N-dealkylation sites (N-methyl/N-ethyl adjacent to an activating group) is 1. The predicted octanol–water partition coefficient (Wildman–Crippen LogP) is 3.04. The molecule has 0 amide bonds. The topological polar surface area (TPSA) is 139 Å². The average molecular weight is 542 g/mol. The minimum atomic E-state index is -5.08. The van der Waals surface area contributed by atoms with Crippen molar-refractivity contribution in [3.63, 3.8) is 0 Å². The molecule has 1 aliphatic heterocycles. The predicted molar refractivity (Wildman–Crippen MR) is 127 cm³/mol. The van der Waals surface area contributed by atoms with Crippen LogP contribution < -0.4 is 21.1 Å². The first-order chi connectivity index (χ1) is 17.8. The molecule has 4 rings (SSSR count). The van der Waals surface area contributed by atoms with Gasteiger partial charge in [0.15, 0.2) is 0 Å². The maximum Gasteiger partial charge on any atom is 0.490 e. The van der Waals surface area contributed by atoms with E-state index in [4.69, 9.17) is 20.4 Å². The van der Waals surface area contributed by atoms with Crippen LogP contribution in [0.5, 0.6) is 5.75 Å². The number of nitrogens with one attached hydrogen (secondary N) is 1. The fourth-order valence-electron chi connectivity index (χ4n) is 3.57. The smallest absolute Gasteiger partial charge is 0.490 e. The van der Waals surface area contributed by atoms with Gasteiger partial charge in [0.1, 0.15) is 24.0 Å². The Morgan fingerprint density at radius 2 is 1.92 bits per heavy atom. The maximum atomic E-state index is 13.0. The van der Waals surface area contributed by atoms with Gasteiger partial charge in [-0.05, 0) is 36.2 Å². The number of H-pyrrole nitrogens is 1. The van der Waals surface area contributed by atoms with Gasteiger partial charge in [0.05, 0.1) is 12.2 Å². The molecule has 3 aromatic rings. The van der Waals surface area contributed by atoms with Crippen molar-refractivity contribution in [2.45, 2.75) is 19.5 Å². The Bertz CT molecular complexity index is 1410. The number of fused-ring (bicyclic) bond motifs is 1. The van der Waals surface area contributed by atoms with Crippen LogP contribution >= 0.6 is 0 Å². The summed E-state index contributed by atoms with van der Waals surface area (Å²) in [7, 11) is 2.02. The quantitative estimate of drug-likeness (QED) is 0.418. The monoisotopic (exact) mass is 542 g/mol. The molecule has 1 aliphatic rings. The Morgan fingerprint density at radius 3 is 2.50 bits per heavy atom. The fourth-order valence-corrected chi connectivity index (χ4v) is 3.57. The molecule has 0 atom stereocenters. The number of nitrogens with zero attached hydrogens (tertiary/aromatic N) is 4. The van der Waals surface area contributed by atoms with Crippen LogP contribution in [0.15, 0.2) is 46.9 Å². The van der Waals surface area contributed by atoms with Crippen molar-refractivity contribution in [1.82, 2.24) is 19.7 Å². The Hall–Kier alpha value is -4.27. The molecule has 0 radical (unpaired) electrons. The molecular weight excluding hydrogens is 519 g/mol. The molecule has 10 nitrogen and oxygen atoms in total. The lowest BCUT2D eigenvalue weighted by Gasteiger charge is -2.28. The fraction of sp³-hybridized carbons (Fsp3) is 0.304. The second kappa shape index (κ2) is 11.4. The van der Waals surface area contributed by atoms with E-state index in [2.05, 4.69) is 20.1 Å². The van der Waals surface area contributed by atoms with E-state index in [9.17, 15) is 26.7 Å². The zero-order valence-electron chi connectivity index (χ0n) is 20.1. The van der Waals surface area contributed by atoms with Crippen LogP contribution in [0.3, 0.4) is 0 Å². The number of carboxylic acid groups (broad SMARTS) is 1. The number of halogens is 5. The molecule has 0 saturated carbocycles. The largest absolute Gasteiger partial charge is 0.490 e. The molecule has 4 N–H and O–H groups in total. The number of carboxylic acids is 1. The minimum absolute atomic E-state index is 0.117. The van der Waals surface area contributed by atoms with E-state index in [1.165, 1.54) is 4.57 Å². The first-order valence-electron chi connectivity index (χ1n) is 11.0. The van der Waals surface area contributed by atoms with Gasteiger partial charge in [-0.1, -0.05) is 6.07 Å². The first kappa shape index (κ1) is 28.3. The van der Waals surface area contributed by atoms with Gasteiger partial charge >= 0.3 is 17.8 Å². The second-order valence-corrected chi connectivity index (χ2v) is 8.15. The molecule has 1 aromatic carbocycles. The van der Waals surface area contributed by atoms with E-state index in [0.717, 1.165) is 29.1 Å². The molecule has 2 aromatic heterocycles. The highest BCUT2D eigenvalue weighted by Crippen LogP contribution is 2.35. The number of aromatic nitrogens is 4. The number of hydrogen-bond acceptors (Lipinski definition) is 7. The number of pyridine rings is 1. The number of alkyl halides is 3. The van der Waals surface area contributed by atoms with Gasteiger partial charge in [0, 0.05) is 37.3 Å². The van der Waals surface area contributed by atoms with E-state index in [1.807, 2.05) is 31.3 Å². The number of rotatable bonds is 5. The van der Waals surface area contributed by atoms with Crippen LogP contribution in [0, 0.1) is 6.92 Å². The second-order valence-electron chi connectivity index (χ2n) is 8.15. The third-order valence-corrected chi connectivity index (χ3v) is 5.52. The lowest BCUT2D eigenvalue weighted by Crippen LogP contribution is -2.28. The number of aliphatic carboxylic acids is 1. The average Bonchev–Trinajstić information content (AvgIpc) is 3.21. The van der Waals surface area contributed by atoms with Gasteiger partial charge in [-0.25, -0.2) is 24.2 Å². The summed E-state index contributed by atoms with van der Waals surface area (Å²) in [6, 6.07) is 7.82. The van der Waals surface area contributed by atoms with Crippen molar-refractivity contribution in [2.24, 2.45) is 5.73 Å². The van der Waals surface area contributed by atoms with E-state index >= 15 is 0 Å². The number of aryl methyl sites for hydroxylation is 1. The highest BCUT2D eigenvalue weighted by molar-refractivity contribution is 5.73. The third kappa shape index (κ3) is 6.34. The van der Waals surface area contributed by atoms with E-state index in [0.29, 0.717) is 18.0 Å². The lowest BCUT2D eigenvalue weighted by atomic mass is 10.0. The number of benzene rings is 1. The summed E-state index contributed by atoms with van der Waals surface area (Å²) >= 11 is 0. The molecule has 38 heavy (non-hydrogen) atoms. The highest BCUT2D eigenvalue weighted by Gasteiger charge is 2.38. The summed E-state index contributed by atoms with van der Waals surface area (Å²) in [5.41, 5.74) is 8.03. The van der Waals surface area contributed by atoms with E-state index in [1.54, 1.807) is 13.1 Å². The molecule has 0 spiro atoms. The summed E-state index contributed by atoms with van der Waals surface area (Å²) in [5, 5.41) is 13.3. The van der Waals surface area contributed by atoms with Crippen molar-refractivity contribution in [1.29, 1.82) is 0 Å². The van der Waals surface area contributed by atoms with Gasteiger partial charge in [-0.15, -0.1) is 0 Å². The number of anilines is 1. The van der Waals surface area contributed by atoms with Crippen molar-refractivity contribution in [2.75, 3.05) is 31.6 Å². The Labute approximate surface area is 212 Å². The third-order valence-electron chi connectivity index (χ3n) is 5.52. The molecule has 15 heteroatoms. The summed E-state index contributed by atoms with van der Waals surface area (Å²) in [6.45, 7) is 2.92. The molecule has 0 unspecified atom stereocenters. The van der Waals surface area contributed by atoms with Gasteiger partial charge in [-0.3, -0.25) is 0 Å². The molecule has 204 valence electrons. The standard InChI is InChI=1S/C21H22F2N6O2.C2HF3O2/c1-12-7-15(13-3-4-16-17(8-13)31-6-5-28(16)2)11-25-20(12)29-18(26-27-21(29)30)9-14(10-24)19(22)23;3-2(4,5)1(6)7/h3-4,7-8,11H,5-6,9-10,24H2,1-2H3,(H,27,30);(H,6,7). The molecule has 0 bridgehead atoms.